The fraction of sp³-hybridized carbons (Fsp3) is 0.500. The number of thioether (sulfide) groups is 1. The molecule has 0 fully saturated rings. The van der Waals surface area contributed by atoms with Crippen LogP contribution in [0.2, 0.25) is 0 Å². The number of carbonyl (C=O) groups is 1. The summed E-state index contributed by atoms with van der Waals surface area (Å²) in [6, 6.07) is 7.82. The molecule has 0 bridgehead atoms. The van der Waals surface area contributed by atoms with E-state index in [0.717, 1.165) is 17.7 Å². The zero-order valence-electron chi connectivity index (χ0n) is 14.5. The first-order valence-corrected chi connectivity index (χ1v) is 9.40. The Bertz CT molecular complexity index is 657. The Balaban J connectivity index is 1.95. The molecule has 2 rings (SSSR count). The van der Waals surface area contributed by atoms with Gasteiger partial charge in [0.15, 0.2) is 5.82 Å². The summed E-state index contributed by atoms with van der Waals surface area (Å²) in [6.07, 6.45) is 4.55. The van der Waals surface area contributed by atoms with Gasteiger partial charge in [0.1, 0.15) is 0 Å². The van der Waals surface area contributed by atoms with Gasteiger partial charge >= 0.3 is 0 Å². The van der Waals surface area contributed by atoms with Gasteiger partial charge in [-0.05, 0) is 25.5 Å². The third-order valence-electron chi connectivity index (χ3n) is 3.68. The van der Waals surface area contributed by atoms with Crippen molar-refractivity contribution >= 4 is 17.7 Å². The largest absolute Gasteiger partial charge is 0.350 e. The highest BCUT2D eigenvalue weighted by Crippen LogP contribution is 2.25. The lowest BCUT2D eigenvalue weighted by molar-refractivity contribution is 0.0935. The summed E-state index contributed by atoms with van der Waals surface area (Å²) in [5.41, 5.74) is 0.699. The van der Waals surface area contributed by atoms with Gasteiger partial charge in [-0.2, -0.15) is 4.98 Å². The molecule has 1 heterocycles. The van der Waals surface area contributed by atoms with Gasteiger partial charge in [-0.1, -0.05) is 43.5 Å². The molecule has 1 aromatic carbocycles. The van der Waals surface area contributed by atoms with Crippen molar-refractivity contribution in [3.05, 3.63) is 41.5 Å². The summed E-state index contributed by atoms with van der Waals surface area (Å²) in [7, 11) is 0. The Morgan fingerprint density at radius 3 is 2.83 bits per heavy atom. The van der Waals surface area contributed by atoms with Crippen LogP contribution in [0.25, 0.3) is 0 Å². The Morgan fingerprint density at radius 1 is 1.33 bits per heavy atom. The van der Waals surface area contributed by atoms with Gasteiger partial charge in [-0.25, -0.2) is 0 Å². The van der Waals surface area contributed by atoms with E-state index in [-0.39, 0.29) is 11.9 Å². The molecule has 1 N–H and O–H groups in total. The van der Waals surface area contributed by atoms with E-state index in [2.05, 4.69) is 29.3 Å². The summed E-state index contributed by atoms with van der Waals surface area (Å²) in [5.74, 6) is 1.75. The number of nitrogens with zero attached hydrogens (tertiary/aromatic N) is 2. The third-order valence-corrected chi connectivity index (χ3v) is 4.75. The topological polar surface area (TPSA) is 68.0 Å². The predicted octanol–water partition coefficient (Wildman–Crippen LogP) is 4.37. The van der Waals surface area contributed by atoms with Crippen molar-refractivity contribution in [1.82, 2.24) is 15.5 Å². The van der Waals surface area contributed by atoms with Crippen LogP contribution >= 0.6 is 11.8 Å². The number of hydrogen-bond donors (Lipinski definition) is 1. The van der Waals surface area contributed by atoms with E-state index >= 15 is 0 Å². The van der Waals surface area contributed by atoms with Crippen molar-refractivity contribution in [2.75, 3.05) is 0 Å². The molecule has 6 heteroatoms. The fourth-order valence-corrected chi connectivity index (χ4v) is 3.29. The van der Waals surface area contributed by atoms with Crippen LogP contribution in [-0.2, 0) is 5.75 Å². The zero-order valence-corrected chi connectivity index (χ0v) is 15.4. The molecule has 0 aliphatic rings. The summed E-state index contributed by atoms with van der Waals surface area (Å²) in [5, 5.41) is 6.98. The highest BCUT2D eigenvalue weighted by molar-refractivity contribution is 7.98. The van der Waals surface area contributed by atoms with E-state index in [9.17, 15) is 4.79 Å². The number of nitrogens with one attached hydrogen (secondary N) is 1. The average molecular weight is 347 g/mol. The van der Waals surface area contributed by atoms with Gasteiger partial charge in [0, 0.05) is 17.9 Å². The molecule has 0 saturated carbocycles. The molecule has 1 aromatic heterocycles. The van der Waals surface area contributed by atoms with E-state index in [1.54, 1.807) is 18.7 Å². The minimum Gasteiger partial charge on any atom is -0.350 e. The first kappa shape index (κ1) is 18.5. The third kappa shape index (κ3) is 5.67. The minimum atomic E-state index is -0.0219. The van der Waals surface area contributed by atoms with Gasteiger partial charge < -0.3 is 9.84 Å². The van der Waals surface area contributed by atoms with E-state index in [1.807, 2.05) is 24.3 Å². The summed E-state index contributed by atoms with van der Waals surface area (Å²) in [4.78, 5) is 17.7. The maximum Gasteiger partial charge on any atom is 0.252 e. The molecule has 0 saturated heterocycles. The molecule has 1 amide bonds. The Labute approximate surface area is 147 Å². The van der Waals surface area contributed by atoms with Crippen molar-refractivity contribution in [1.29, 1.82) is 0 Å². The number of aromatic nitrogens is 2. The van der Waals surface area contributed by atoms with Crippen LogP contribution in [0.3, 0.4) is 0 Å². The number of amides is 1. The Kier molecular flexibility index (Phi) is 7.31. The second kappa shape index (κ2) is 9.47. The van der Waals surface area contributed by atoms with E-state index in [0.29, 0.717) is 23.0 Å². The Hall–Kier alpha value is -1.82. The van der Waals surface area contributed by atoms with E-state index in [1.165, 1.54) is 12.8 Å². The number of aryl methyl sites for hydroxylation is 1. The molecule has 0 aliphatic carbocycles. The number of unbranched alkanes of at least 4 members (excludes halogenated alkanes) is 2. The molecule has 0 spiro atoms. The van der Waals surface area contributed by atoms with Crippen LogP contribution in [0.1, 0.15) is 61.6 Å². The van der Waals surface area contributed by atoms with Crippen LogP contribution in [0.5, 0.6) is 0 Å². The molecule has 130 valence electrons. The number of hydrogen-bond acceptors (Lipinski definition) is 5. The van der Waals surface area contributed by atoms with Crippen LogP contribution < -0.4 is 5.32 Å². The maximum absolute atomic E-state index is 12.5. The van der Waals surface area contributed by atoms with Crippen molar-refractivity contribution in [3.8, 4) is 0 Å². The average Bonchev–Trinajstić information content (AvgIpc) is 2.99. The quantitative estimate of drug-likeness (QED) is 0.539. The lowest BCUT2D eigenvalue weighted by atomic mass is 10.1. The molecule has 0 radical (unpaired) electrons. The summed E-state index contributed by atoms with van der Waals surface area (Å²) in [6.45, 7) is 6.01. The molecule has 0 unspecified atom stereocenters. The maximum atomic E-state index is 12.5. The molecular weight excluding hydrogens is 322 g/mol. The monoisotopic (exact) mass is 347 g/mol. The number of carbonyl (C=O) groups excluding carboxylic acids is 1. The second-order valence-electron chi connectivity index (χ2n) is 5.88. The van der Waals surface area contributed by atoms with Gasteiger partial charge in [0.25, 0.3) is 5.91 Å². The van der Waals surface area contributed by atoms with E-state index in [4.69, 9.17) is 4.52 Å². The molecule has 2 aromatic rings. The predicted molar refractivity (Wildman–Crippen MR) is 96.1 cm³/mol. The van der Waals surface area contributed by atoms with Crippen LogP contribution in [-0.4, -0.2) is 22.1 Å². The molecular formula is C18H25N3O2S. The highest BCUT2D eigenvalue weighted by Gasteiger charge is 2.14. The lowest BCUT2D eigenvalue weighted by Crippen LogP contribution is -2.32. The van der Waals surface area contributed by atoms with Crippen molar-refractivity contribution in [3.63, 3.8) is 0 Å². The number of benzene rings is 1. The summed E-state index contributed by atoms with van der Waals surface area (Å²) < 4.78 is 4.98. The molecule has 24 heavy (non-hydrogen) atoms. The van der Waals surface area contributed by atoms with Crippen LogP contribution in [0, 0.1) is 6.92 Å². The lowest BCUT2D eigenvalue weighted by Gasteiger charge is -2.15. The van der Waals surface area contributed by atoms with Gasteiger partial charge in [0.2, 0.25) is 5.89 Å². The minimum absolute atomic E-state index is 0.0219. The smallest absolute Gasteiger partial charge is 0.252 e. The normalized spacial score (nSPS) is 12.1. The van der Waals surface area contributed by atoms with Gasteiger partial charge in [0.05, 0.1) is 11.3 Å². The molecule has 1 atom stereocenters. The first-order chi connectivity index (χ1) is 11.6. The standard InChI is InChI=1S/C18H25N3O2S/c1-4-5-6-9-13(2)19-18(22)15-10-7-8-11-16(15)24-12-17-20-14(3)23-21-17/h7-8,10-11,13H,4-6,9,12H2,1-3H3,(H,19,22)/t13-/m1/s1. The van der Waals surface area contributed by atoms with Gasteiger partial charge in [-0.15, -0.1) is 11.8 Å². The molecule has 5 nitrogen and oxygen atoms in total. The van der Waals surface area contributed by atoms with Crippen molar-refractivity contribution < 1.29 is 9.32 Å². The van der Waals surface area contributed by atoms with Crippen molar-refractivity contribution in [2.45, 2.75) is 63.1 Å². The Morgan fingerprint density at radius 2 is 2.12 bits per heavy atom. The van der Waals surface area contributed by atoms with E-state index < -0.39 is 0 Å². The number of rotatable bonds is 9. The summed E-state index contributed by atoms with van der Waals surface area (Å²) >= 11 is 1.54. The van der Waals surface area contributed by atoms with Crippen molar-refractivity contribution in [2.24, 2.45) is 0 Å². The van der Waals surface area contributed by atoms with Crippen LogP contribution in [0.15, 0.2) is 33.7 Å². The molecule has 0 aliphatic heterocycles. The SMILES string of the molecule is CCCCC[C@@H](C)NC(=O)c1ccccc1SCc1noc(C)n1. The first-order valence-electron chi connectivity index (χ1n) is 8.42. The second-order valence-corrected chi connectivity index (χ2v) is 6.90. The zero-order chi connectivity index (χ0) is 17.4. The van der Waals surface area contributed by atoms with Gasteiger partial charge in [-0.3, -0.25) is 4.79 Å². The highest BCUT2D eigenvalue weighted by atomic mass is 32.2. The fourth-order valence-electron chi connectivity index (χ4n) is 2.40. The van der Waals surface area contributed by atoms with Crippen LogP contribution in [0.4, 0.5) is 0 Å².